The summed E-state index contributed by atoms with van der Waals surface area (Å²) in [6.45, 7) is 1.75. The second kappa shape index (κ2) is 9.87. The third kappa shape index (κ3) is 4.73. The van der Waals surface area contributed by atoms with Gasteiger partial charge in [0.25, 0.3) is 17.4 Å². The molecule has 4 rings (SSSR count). The molecule has 4 aromatic rings. The molecule has 1 heterocycles. The van der Waals surface area contributed by atoms with Crippen molar-refractivity contribution in [2.75, 3.05) is 5.32 Å². The van der Waals surface area contributed by atoms with E-state index in [9.17, 15) is 14.4 Å². The first-order valence-electron chi connectivity index (χ1n) is 10.7. The zero-order valence-corrected chi connectivity index (χ0v) is 18.9. The molecule has 0 bridgehead atoms. The highest BCUT2D eigenvalue weighted by atomic mass is 16.2. The molecular weight excluding hydrogens is 428 g/mol. The first-order valence-corrected chi connectivity index (χ1v) is 10.7. The Balaban J connectivity index is 1.68. The van der Waals surface area contributed by atoms with Crippen molar-refractivity contribution in [3.8, 4) is 5.69 Å². The number of nitrogens with zero attached hydrogens (tertiary/aromatic N) is 2. The first-order chi connectivity index (χ1) is 16.5. The predicted molar refractivity (Wildman–Crippen MR) is 133 cm³/mol. The van der Waals surface area contributed by atoms with Crippen molar-refractivity contribution in [3.63, 3.8) is 0 Å². The standard InChI is InChI=1S/C27H24N4O3/c1-19-24(27(34)31(30(19)2)22-16-10-5-11-17-22)29-26(33)23(18-20-12-6-3-7-13-20)28-25(32)21-14-8-4-9-15-21/h3-18H,1-2H3,(H,28,32)(H,29,33). The van der Waals surface area contributed by atoms with Gasteiger partial charge in [-0.1, -0.05) is 66.7 Å². The van der Waals surface area contributed by atoms with Crippen LogP contribution in [0.1, 0.15) is 21.6 Å². The van der Waals surface area contributed by atoms with Crippen LogP contribution in [0.4, 0.5) is 5.69 Å². The van der Waals surface area contributed by atoms with Crippen LogP contribution in [-0.2, 0) is 11.8 Å². The number of rotatable bonds is 6. The highest BCUT2D eigenvalue weighted by Crippen LogP contribution is 2.15. The largest absolute Gasteiger partial charge is 0.317 e. The SMILES string of the molecule is Cc1c(NC(=O)C(=Cc2ccccc2)NC(=O)c2ccccc2)c(=O)n(-c2ccccc2)n1C. The number of aromatic nitrogens is 2. The van der Waals surface area contributed by atoms with Crippen LogP contribution in [0.5, 0.6) is 0 Å². The van der Waals surface area contributed by atoms with E-state index in [0.29, 0.717) is 16.9 Å². The average Bonchev–Trinajstić information content (AvgIpc) is 3.08. The number of carbonyl (C=O) groups is 2. The third-order valence-electron chi connectivity index (χ3n) is 5.43. The highest BCUT2D eigenvalue weighted by molar-refractivity contribution is 6.10. The van der Waals surface area contributed by atoms with Gasteiger partial charge in [-0.05, 0) is 42.8 Å². The Morgan fingerprint density at radius 3 is 2.00 bits per heavy atom. The number of hydrogen-bond donors (Lipinski definition) is 2. The summed E-state index contributed by atoms with van der Waals surface area (Å²) in [7, 11) is 1.75. The van der Waals surface area contributed by atoms with E-state index in [0.717, 1.165) is 5.56 Å². The van der Waals surface area contributed by atoms with E-state index >= 15 is 0 Å². The predicted octanol–water partition coefficient (Wildman–Crippen LogP) is 3.89. The molecule has 34 heavy (non-hydrogen) atoms. The average molecular weight is 453 g/mol. The summed E-state index contributed by atoms with van der Waals surface area (Å²) in [5, 5.41) is 5.40. The maximum absolute atomic E-state index is 13.3. The number of nitrogens with one attached hydrogen (secondary N) is 2. The summed E-state index contributed by atoms with van der Waals surface area (Å²) in [6, 6.07) is 26.9. The third-order valence-corrected chi connectivity index (χ3v) is 5.43. The Kier molecular flexibility index (Phi) is 6.54. The molecule has 0 aliphatic heterocycles. The van der Waals surface area contributed by atoms with E-state index in [1.807, 2.05) is 60.7 Å². The van der Waals surface area contributed by atoms with Crippen molar-refractivity contribution in [1.82, 2.24) is 14.7 Å². The van der Waals surface area contributed by atoms with Crippen LogP contribution in [0.3, 0.4) is 0 Å². The van der Waals surface area contributed by atoms with Crippen LogP contribution in [0.25, 0.3) is 11.8 Å². The lowest BCUT2D eigenvalue weighted by Crippen LogP contribution is -2.32. The molecule has 0 spiro atoms. The van der Waals surface area contributed by atoms with Gasteiger partial charge in [-0.3, -0.25) is 19.1 Å². The summed E-state index contributed by atoms with van der Waals surface area (Å²) in [6.07, 6.45) is 1.57. The number of para-hydroxylation sites is 1. The van der Waals surface area contributed by atoms with Crippen molar-refractivity contribution in [3.05, 3.63) is 124 Å². The first kappa shape index (κ1) is 22.5. The van der Waals surface area contributed by atoms with Crippen LogP contribution in [-0.4, -0.2) is 21.2 Å². The van der Waals surface area contributed by atoms with Crippen LogP contribution >= 0.6 is 0 Å². The fraction of sp³-hybridized carbons (Fsp3) is 0.0741. The van der Waals surface area contributed by atoms with E-state index in [1.54, 1.807) is 55.1 Å². The number of hydrogen-bond acceptors (Lipinski definition) is 3. The van der Waals surface area contributed by atoms with Gasteiger partial charge < -0.3 is 10.6 Å². The molecule has 0 saturated heterocycles. The Morgan fingerprint density at radius 1 is 0.824 bits per heavy atom. The molecule has 0 atom stereocenters. The number of anilines is 1. The van der Waals surface area contributed by atoms with E-state index < -0.39 is 11.8 Å². The lowest BCUT2D eigenvalue weighted by atomic mass is 10.1. The summed E-state index contributed by atoms with van der Waals surface area (Å²) in [5.74, 6) is -1.02. The maximum Gasteiger partial charge on any atom is 0.295 e. The van der Waals surface area contributed by atoms with Crippen molar-refractivity contribution >= 4 is 23.6 Å². The van der Waals surface area contributed by atoms with Gasteiger partial charge in [0.05, 0.1) is 11.4 Å². The van der Waals surface area contributed by atoms with E-state index in [4.69, 9.17) is 0 Å². The zero-order chi connectivity index (χ0) is 24.1. The molecule has 2 amide bonds. The lowest BCUT2D eigenvalue weighted by molar-refractivity contribution is -0.113. The number of amides is 2. The normalized spacial score (nSPS) is 11.2. The molecular formula is C27H24N4O3. The summed E-state index contributed by atoms with van der Waals surface area (Å²) in [4.78, 5) is 39.3. The van der Waals surface area contributed by atoms with E-state index in [2.05, 4.69) is 10.6 Å². The van der Waals surface area contributed by atoms with Crippen LogP contribution in [0, 0.1) is 6.92 Å². The van der Waals surface area contributed by atoms with E-state index in [1.165, 1.54) is 4.68 Å². The molecule has 170 valence electrons. The molecule has 1 aromatic heterocycles. The van der Waals surface area contributed by atoms with Crippen LogP contribution < -0.4 is 16.2 Å². The minimum Gasteiger partial charge on any atom is -0.317 e. The van der Waals surface area contributed by atoms with Gasteiger partial charge in [0.2, 0.25) is 0 Å². The fourth-order valence-corrected chi connectivity index (χ4v) is 3.55. The second-order valence-electron chi connectivity index (χ2n) is 7.68. The van der Waals surface area contributed by atoms with Crippen molar-refractivity contribution in [1.29, 1.82) is 0 Å². The van der Waals surface area contributed by atoms with Gasteiger partial charge in [0, 0.05) is 12.6 Å². The Labute approximate surface area is 197 Å². The smallest absolute Gasteiger partial charge is 0.295 e. The molecule has 0 unspecified atom stereocenters. The topological polar surface area (TPSA) is 85.1 Å². The Bertz CT molecular complexity index is 1400. The van der Waals surface area contributed by atoms with E-state index in [-0.39, 0.29) is 16.9 Å². The molecule has 0 saturated carbocycles. The Hall–Kier alpha value is -4.65. The molecule has 7 heteroatoms. The molecule has 0 radical (unpaired) electrons. The van der Waals surface area contributed by atoms with Crippen molar-refractivity contribution in [2.45, 2.75) is 6.92 Å². The minimum absolute atomic E-state index is 0.0222. The quantitative estimate of drug-likeness (QED) is 0.435. The van der Waals surface area contributed by atoms with Gasteiger partial charge in [-0.2, -0.15) is 0 Å². The van der Waals surface area contributed by atoms with Crippen molar-refractivity contribution < 1.29 is 9.59 Å². The zero-order valence-electron chi connectivity index (χ0n) is 18.9. The maximum atomic E-state index is 13.3. The molecule has 3 aromatic carbocycles. The Morgan fingerprint density at radius 2 is 1.38 bits per heavy atom. The molecule has 2 N–H and O–H groups in total. The number of benzene rings is 3. The lowest BCUT2D eigenvalue weighted by Gasteiger charge is -2.11. The van der Waals surface area contributed by atoms with Crippen LogP contribution in [0.15, 0.2) is 101 Å². The molecule has 0 fully saturated rings. The fourth-order valence-electron chi connectivity index (χ4n) is 3.55. The van der Waals surface area contributed by atoms with Gasteiger partial charge in [-0.25, -0.2) is 4.68 Å². The number of carbonyl (C=O) groups excluding carboxylic acids is 2. The molecule has 7 nitrogen and oxygen atoms in total. The second-order valence-corrected chi connectivity index (χ2v) is 7.68. The van der Waals surface area contributed by atoms with Gasteiger partial charge >= 0.3 is 0 Å². The molecule has 0 aliphatic rings. The summed E-state index contributed by atoms with van der Waals surface area (Å²) < 4.78 is 3.16. The van der Waals surface area contributed by atoms with Crippen molar-refractivity contribution in [2.24, 2.45) is 7.05 Å². The summed E-state index contributed by atoms with van der Waals surface area (Å²) >= 11 is 0. The summed E-state index contributed by atoms with van der Waals surface area (Å²) in [5.41, 5.74) is 2.20. The monoisotopic (exact) mass is 452 g/mol. The highest BCUT2D eigenvalue weighted by Gasteiger charge is 2.21. The van der Waals surface area contributed by atoms with Gasteiger partial charge in [-0.15, -0.1) is 0 Å². The molecule has 0 aliphatic carbocycles. The minimum atomic E-state index is -0.598. The van der Waals surface area contributed by atoms with Gasteiger partial charge in [0.1, 0.15) is 11.4 Å². The van der Waals surface area contributed by atoms with Crippen LogP contribution in [0.2, 0.25) is 0 Å². The van der Waals surface area contributed by atoms with Gasteiger partial charge in [0.15, 0.2) is 0 Å².